The van der Waals surface area contributed by atoms with Gasteiger partial charge in [-0.05, 0) is 42.0 Å². The van der Waals surface area contributed by atoms with Crippen molar-refractivity contribution in [2.45, 2.75) is 13.2 Å². The van der Waals surface area contributed by atoms with Crippen molar-refractivity contribution >= 4 is 11.0 Å². The molecular formula is C20H17N3O2. The molecule has 0 radical (unpaired) electrons. The van der Waals surface area contributed by atoms with Crippen LogP contribution in [0.25, 0.3) is 11.0 Å². The van der Waals surface area contributed by atoms with Gasteiger partial charge in [-0.3, -0.25) is 4.98 Å². The average molecular weight is 331 g/mol. The molecule has 2 aromatic carbocycles. The second-order valence-corrected chi connectivity index (χ2v) is 5.61. The third-order valence-electron chi connectivity index (χ3n) is 3.78. The van der Waals surface area contributed by atoms with E-state index in [0.29, 0.717) is 13.2 Å². The lowest BCUT2D eigenvalue weighted by atomic mass is 10.3. The number of rotatable bonds is 6. The van der Waals surface area contributed by atoms with Gasteiger partial charge >= 0.3 is 0 Å². The van der Waals surface area contributed by atoms with Crippen LogP contribution in [0.4, 0.5) is 0 Å². The minimum atomic E-state index is 0.395. The number of H-pyrrole nitrogens is 1. The summed E-state index contributed by atoms with van der Waals surface area (Å²) in [6, 6.07) is 19.4. The van der Waals surface area contributed by atoms with E-state index in [9.17, 15) is 0 Å². The molecule has 0 spiro atoms. The molecule has 4 rings (SSSR count). The summed E-state index contributed by atoms with van der Waals surface area (Å²) < 4.78 is 11.6. The van der Waals surface area contributed by atoms with E-state index in [1.165, 1.54) is 0 Å². The first-order chi connectivity index (χ1) is 12.4. The minimum Gasteiger partial charge on any atom is -0.489 e. The number of nitrogens with zero attached hydrogens (tertiary/aromatic N) is 2. The number of ether oxygens (including phenoxy) is 2. The van der Waals surface area contributed by atoms with Crippen LogP contribution in [-0.2, 0) is 13.2 Å². The van der Waals surface area contributed by atoms with Crippen molar-refractivity contribution in [1.82, 2.24) is 15.0 Å². The maximum Gasteiger partial charge on any atom is 0.146 e. The Morgan fingerprint density at radius 1 is 0.800 bits per heavy atom. The Hall–Kier alpha value is -3.34. The number of imidazole rings is 1. The molecule has 124 valence electrons. The fraction of sp³-hybridized carbons (Fsp3) is 0.100. The fourth-order valence-corrected chi connectivity index (χ4v) is 2.51. The highest BCUT2D eigenvalue weighted by molar-refractivity contribution is 5.76. The normalized spacial score (nSPS) is 10.7. The topological polar surface area (TPSA) is 60.0 Å². The summed E-state index contributed by atoms with van der Waals surface area (Å²) in [5.41, 5.74) is 2.90. The maximum atomic E-state index is 5.83. The molecule has 0 aliphatic carbocycles. The zero-order valence-electron chi connectivity index (χ0n) is 13.6. The molecule has 25 heavy (non-hydrogen) atoms. The van der Waals surface area contributed by atoms with Crippen LogP contribution in [0.5, 0.6) is 11.5 Å². The average Bonchev–Trinajstić information content (AvgIpc) is 3.08. The molecular weight excluding hydrogens is 314 g/mol. The first-order valence-electron chi connectivity index (χ1n) is 8.05. The van der Waals surface area contributed by atoms with Gasteiger partial charge in [-0.15, -0.1) is 0 Å². The van der Waals surface area contributed by atoms with Gasteiger partial charge in [0.1, 0.15) is 30.5 Å². The summed E-state index contributed by atoms with van der Waals surface area (Å²) in [6.07, 6.45) is 3.52. The summed E-state index contributed by atoms with van der Waals surface area (Å²) in [7, 11) is 0. The van der Waals surface area contributed by atoms with Gasteiger partial charge in [-0.2, -0.15) is 0 Å². The molecule has 5 nitrogen and oxygen atoms in total. The largest absolute Gasteiger partial charge is 0.489 e. The number of pyridine rings is 1. The van der Waals surface area contributed by atoms with Gasteiger partial charge in [0.15, 0.2) is 0 Å². The quantitative estimate of drug-likeness (QED) is 0.577. The SMILES string of the molecule is c1ccc(OCc2nc3cc(OCc4ccncc4)ccc3[nH]2)cc1. The lowest BCUT2D eigenvalue weighted by Crippen LogP contribution is -1.96. The summed E-state index contributed by atoms with van der Waals surface area (Å²) >= 11 is 0. The molecule has 0 bridgehead atoms. The van der Waals surface area contributed by atoms with Gasteiger partial charge in [0.2, 0.25) is 0 Å². The number of hydrogen-bond donors (Lipinski definition) is 1. The molecule has 0 atom stereocenters. The second kappa shape index (κ2) is 7.05. The second-order valence-electron chi connectivity index (χ2n) is 5.61. The van der Waals surface area contributed by atoms with Gasteiger partial charge in [0, 0.05) is 18.5 Å². The maximum absolute atomic E-state index is 5.83. The van der Waals surface area contributed by atoms with Crippen LogP contribution in [0, 0.1) is 0 Å². The van der Waals surface area contributed by atoms with Gasteiger partial charge in [0.25, 0.3) is 0 Å². The summed E-state index contributed by atoms with van der Waals surface area (Å²) in [5, 5.41) is 0. The minimum absolute atomic E-state index is 0.395. The number of nitrogens with one attached hydrogen (secondary N) is 1. The van der Waals surface area contributed by atoms with E-state index in [1.807, 2.05) is 60.7 Å². The zero-order valence-corrected chi connectivity index (χ0v) is 13.6. The number of benzene rings is 2. The highest BCUT2D eigenvalue weighted by atomic mass is 16.5. The van der Waals surface area contributed by atoms with Crippen molar-refractivity contribution in [2.24, 2.45) is 0 Å². The van der Waals surface area contributed by atoms with Crippen molar-refractivity contribution < 1.29 is 9.47 Å². The van der Waals surface area contributed by atoms with E-state index in [-0.39, 0.29) is 0 Å². The number of para-hydroxylation sites is 1. The van der Waals surface area contributed by atoms with Crippen molar-refractivity contribution in [3.63, 3.8) is 0 Å². The summed E-state index contributed by atoms with van der Waals surface area (Å²) in [4.78, 5) is 11.8. The highest BCUT2D eigenvalue weighted by Gasteiger charge is 2.05. The van der Waals surface area contributed by atoms with E-state index in [0.717, 1.165) is 33.9 Å². The van der Waals surface area contributed by atoms with Gasteiger partial charge in [0.05, 0.1) is 11.0 Å². The molecule has 0 aliphatic rings. The Balaban J connectivity index is 1.44. The Morgan fingerprint density at radius 3 is 2.44 bits per heavy atom. The molecule has 5 heteroatoms. The van der Waals surface area contributed by atoms with Crippen molar-refractivity contribution in [3.05, 3.63) is 84.4 Å². The summed E-state index contributed by atoms with van der Waals surface area (Å²) in [5.74, 6) is 2.39. The van der Waals surface area contributed by atoms with E-state index >= 15 is 0 Å². The Kier molecular flexibility index (Phi) is 4.29. The lowest BCUT2D eigenvalue weighted by Gasteiger charge is -2.05. The van der Waals surface area contributed by atoms with Crippen LogP contribution >= 0.6 is 0 Å². The molecule has 4 aromatic rings. The van der Waals surface area contributed by atoms with E-state index in [4.69, 9.17) is 9.47 Å². The number of aromatic amines is 1. The first-order valence-corrected chi connectivity index (χ1v) is 8.05. The molecule has 1 N–H and O–H groups in total. The molecule has 0 fully saturated rings. The molecule has 0 saturated heterocycles. The molecule has 0 saturated carbocycles. The van der Waals surface area contributed by atoms with Crippen LogP contribution in [0.3, 0.4) is 0 Å². The number of aromatic nitrogens is 3. The van der Waals surface area contributed by atoms with Crippen LogP contribution in [-0.4, -0.2) is 15.0 Å². The smallest absolute Gasteiger partial charge is 0.146 e. The predicted octanol–water partition coefficient (Wildman–Crippen LogP) is 4.12. The third kappa shape index (κ3) is 3.77. The highest BCUT2D eigenvalue weighted by Crippen LogP contribution is 2.21. The molecule has 0 amide bonds. The van der Waals surface area contributed by atoms with Gasteiger partial charge < -0.3 is 14.5 Å². The monoisotopic (exact) mass is 331 g/mol. The van der Waals surface area contributed by atoms with Crippen molar-refractivity contribution in [1.29, 1.82) is 0 Å². The van der Waals surface area contributed by atoms with Crippen molar-refractivity contribution in [2.75, 3.05) is 0 Å². The fourth-order valence-electron chi connectivity index (χ4n) is 2.51. The Bertz CT molecular complexity index is 911. The number of fused-ring (bicyclic) bond motifs is 1. The van der Waals surface area contributed by atoms with Crippen molar-refractivity contribution in [3.8, 4) is 11.5 Å². The van der Waals surface area contributed by atoms with Gasteiger partial charge in [-0.25, -0.2) is 4.98 Å². The number of hydrogen-bond acceptors (Lipinski definition) is 4. The lowest BCUT2D eigenvalue weighted by molar-refractivity contribution is 0.297. The molecule has 2 aromatic heterocycles. The van der Waals surface area contributed by atoms with Gasteiger partial charge in [-0.1, -0.05) is 18.2 Å². The first kappa shape index (κ1) is 15.2. The predicted molar refractivity (Wildman–Crippen MR) is 95.4 cm³/mol. The van der Waals surface area contributed by atoms with Crippen LogP contribution in [0.2, 0.25) is 0 Å². The molecule has 2 heterocycles. The Morgan fingerprint density at radius 2 is 1.60 bits per heavy atom. The van der Waals surface area contributed by atoms with E-state index in [1.54, 1.807) is 12.4 Å². The van der Waals surface area contributed by atoms with E-state index in [2.05, 4.69) is 15.0 Å². The van der Waals surface area contributed by atoms with Crippen LogP contribution < -0.4 is 9.47 Å². The van der Waals surface area contributed by atoms with Crippen LogP contribution in [0.15, 0.2) is 73.1 Å². The van der Waals surface area contributed by atoms with E-state index < -0.39 is 0 Å². The molecule has 0 aliphatic heterocycles. The summed E-state index contributed by atoms with van der Waals surface area (Å²) in [6.45, 7) is 0.897. The zero-order chi connectivity index (χ0) is 16.9. The third-order valence-corrected chi connectivity index (χ3v) is 3.78. The standard InChI is InChI=1S/C20H17N3O2/c1-2-4-16(5-3-1)25-14-20-22-18-7-6-17(12-19(18)23-20)24-13-15-8-10-21-11-9-15/h1-12H,13-14H2,(H,22,23). The Labute approximate surface area is 145 Å². The van der Waals surface area contributed by atoms with Crippen LogP contribution in [0.1, 0.15) is 11.4 Å². The molecule has 0 unspecified atom stereocenters.